The molecule has 1 aromatic heterocycles. The fraction of sp³-hybridized carbons (Fsp3) is 0.231. The maximum absolute atomic E-state index is 13.4. The lowest BCUT2D eigenvalue weighted by atomic mass is 10.3. The zero-order valence-corrected chi connectivity index (χ0v) is 13.6. The second-order valence-corrected chi connectivity index (χ2v) is 6.88. The van der Waals surface area contributed by atoms with Crippen LogP contribution in [0.1, 0.15) is 12.6 Å². The highest BCUT2D eigenvalue weighted by atomic mass is 79.9. The molecule has 8 heteroatoms. The summed E-state index contributed by atoms with van der Waals surface area (Å²) in [6.07, 6.45) is 1.43. The normalized spacial score (nSPS) is 11.6. The van der Waals surface area contributed by atoms with E-state index in [1.165, 1.54) is 24.4 Å². The molecule has 0 saturated heterocycles. The fourth-order valence-corrected chi connectivity index (χ4v) is 3.23. The zero-order valence-electron chi connectivity index (χ0n) is 11.2. The molecule has 0 amide bonds. The van der Waals surface area contributed by atoms with E-state index >= 15 is 0 Å². The van der Waals surface area contributed by atoms with E-state index in [0.29, 0.717) is 12.2 Å². The third-order valence-electron chi connectivity index (χ3n) is 2.95. The first-order valence-electron chi connectivity index (χ1n) is 6.15. The number of aryl methyl sites for hydroxylation is 1. The number of aliphatic hydroxyl groups excluding tert-OH is 1. The van der Waals surface area contributed by atoms with E-state index in [0.717, 1.165) is 6.07 Å². The highest BCUT2D eigenvalue weighted by Crippen LogP contribution is 2.23. The van der Waals surface area contributed by atoms with Gasteiger partial charge in [0.25, 0.3) is 10.0 Å². The van der Waals surface area contributed by atoms with Crippen LogP contribution in [0.2, 0.25) is 0 Å². The van der Waals surface area contributed by atoms with Gasteiger partial charge in [0.1, 0.15) is 10.7 Å². The third-order valence-corrected chi connectivity index (χ3v) is 4.94. The molecule has 0 spiro atoms. The van der Waals surface area contributed by atoms with E-state index in [1.54, 1.807) is 4.57 Å². The van der Waals surface area contributed by atoms with Crippen molar-refractivity contribution in [3.63, 3.8) is 0 Å². The van der Waals surface area contributed by atoms with Crippen LogP contribution in [0.15, 0.2) is 39.8 Å². The van der Waals surface area contributed by atoms with Gasteiger partial charge >= 0.3 is 0 Å². The molecule has 0 aliphatic heterocycles. The standard InChI is InChI=1S/C13H14BrFN2O3S/c1-2-17-7-11(6-10(17)8-18)21(19,20)16-9-3-4-12(14)13(15)5-9/h3-7,16,18H,2,8H2,1H3. The average Bonchev–Trinajstić information content (AvgIpc) is 2.86. The van der Waals surface area contributed by atoms with Crippen molar-refractivity contribution < 1.29 is 17.9 Å². The molecular weight excluding hydrogens is 363 g/mol. The number of nitrogens with one attached hydrogen (secondary N) is 1. The Morgan fingerprint density at radius 1 is 1.38 bits per heavy atom. The van der Waals surface area contributed by atoms with Gasteiger partial charge in [-0.25, -0.2) is 12.8 Å². The number of sulfonamides is 1. The Kier molecular flexibility index (Phi) is 4.70. The largest absolute Gasteiger partial charge is 0.390 e. The van der Waals surface area contributed by atoms with Crippen molar-refractivity contribution in [3.05, 3.63) is 46.4 Å². The highest BCUT2D eigenvalue weighted by molar-refractivity contribution is 9.10. The molecule has 0 fully saturated rings. The second kappa shape index (κ2) is 6.17. The fourth-order valence-electron chi connectivity index (χ4n) is 1.87. The molecule has 114 valence electrons. The summed E-state index contributed by atoms with van der Waals surface area (Å²) in [5, 5.41) is 9.19. The molecule has 2 aromatic rings. The highest BCUT2D eigenvalue weighted by Gasteiger charge is 2.18. The first kappa shape index (κ1) is 16.0. The number of halogens is 2. The molecule has 0 aliphatic carbocycles. The van der Waals surface area contributed by atoms with Crippen LogP contribution in [-0.4, -0.2) is 18.1 Å². The van der Waals surface area contributed by atoms with E-state index in [-0.39, 0.29) is 21.7 Å². The summed E-state index contributed by atoms with van der Waals surface area (Å²) in [6, 6.07) is 5.35. The monoisotopic (exact) mass is 376 g/mol. The summed E-state index contributed by atoms with van der Waals surface area (Å²) in [5.41, 5.74) is 0.630. The Morgan fingerprint density at radius 2 is 2.10 bits per heavy atom. The molecule has 0 bridgehead atoms. The van der Waals surface area contributed by atoms with Gasteiger partial charge in [0.15, 0.2) is 0 Å². The number of nitrogens with zero attached hydrogens (tertiary/aromatic N) is 1. The van der Waals surface area contributed by atoms with Crippen molar-refractivity contribution in [1.82, 2.24) is 4.57 Å². The van der Waals surface area contributed by atoms with Gasteiger partial charge in [-0.15, -0.1) is 0 Å². The van der Waals surface area contributed by atoms with Crippen molar-refractivity contribution in [2.45, 2.75) is 25.0 Å². The molecule has 0 atom stereocenters. The van der Waals surface area contributed by atoms with E-state index in [4.69, 9.17) is 0 Å². The van der Waals surface area contributed by atoms with E-state index in [2.05, 4.69) is 20.7 Å². The van der Waals surface area contributed by atoms with Crippen LogP contribution in [0.25, 0.3) is 0 Å². The Balaban J connectivity index is 2.33. The SMILES string of the molecule is CCn1cc(S(=O)(=O)Nc2ccc(Br)c(F)c2)cc1CO. The quantitative estimate of drug-likeness (QED) is 0.842. The lowest BCUT2D eigenvalue weighted by Gasteiger charge is -2.07. The smallest absolute Gasteiger partial charge is 0.263 e. The molecule has 5 nitrogen and oxygen atoms in total. The lowest BCUT2D eigenvalue weighted by Crippen LogP contribution is -2.12. The molecule has 0 radical (unpaired) electrons. The number of aliphatic hydroxyl groups is 1. The maximum atomic E-state index is 13.4. The molecule has 2 rings (SSSR count). The summed E-state index contributed by atoms with van der Waals surface area (Å²) in [7, 11) is -3.83. The third kappa shape index (κ3) is 3.45. The van der Waals surface area contributed by atoms with Crippen LogP contribution in [0.3, 0.4) is 0 Å². The molecule has 21 heavy (non-hydrogen) atoms. The van der Waals surface area contributed by atoms with Crippen LogP contribution in [-0.2, 0) is 23.2 Å². The van der Waals surface area contributed by atoms with E-state index in [9.17, 15) is 17.9 Å². The number of benzene rings is 1. The van der Waals surface area contributed by atoms with Gasteiger partial charge in [0.05, 0.1) is 16.8 Å². The van der Waals surface area contributed by atoms with Crippen LogP contribution in [0.4, 0.5) is 10.1 Å². The minimum atomic E-state index is -3.83. The predicted octanol–water partition coefficient (Wildman–Crippen LogP) is 2.70. The predicted molar refractivity (Wildman–Crippen MR) is 80.9 cm³/mol. The molecule has 1 heterocycles. The summed E-state index contributed by atoms with van der Waals surface area (Å²) >= 11 is 3.00. The average molecular weight is 377 g/mol. The summed E-state index contributed by atoms with van der Waals surface area (Å²) in [5.74, 6) is -0.558. The van der Waals surface area contributed by atoms with Gasteiger partial charge in [-0.2, -0.15) is 0 Å². The summed E-state index contributed by atoms with van der Waals surface area (Å²) in [4.78, 5) is 0.0247. The first-order chi connectivity index (χ1) is 9.87. The van der Waals surface area contributed by atoms with E-state index < -0.39 is 15.8 Å². The topological polar surface area (TPSA) is 71.3 Å². The van der Waals surface area contributed by atoms with Gasteiger partial charge < -0.3 is 9.67 Å². The molecule has 0 aliphatic rings. The zero-order chi connectivity index (χ0) is 15.6. The van der Waals surface area contributed by atoms with Gasteiger partial charge in [0, 0.05) is 18.4 Å². The maximum Gasteiger partial charge on any atom is 0.263 e. The number of anilines is 1. The van der Waals surface area contributed by atoms with Gasteiger partial charge in [-0.05, 0) is 47.1 Å². The first-order valence-corrected chi connectivity index (χ1v) is 8.42. The van der Waals surface area contributed by atoms with Crippen LogP contribution < -0.4 is 4.72 Å². The molecule has 1 aromatic carbocycles. The molecule has 2 N–H and O–H groups in total. The van der Waals surface area contributed by atoms with Crippen LogP contribution >= 0.6 is 15.9 Å². The summed E-state index contributed by atoms with van der Waals surface area (Å²) in [6.45, 7) is 2.13. The van der Waals surface area contributed by atoms with Gasteiger partial charge in [0.2, 0.25) is 0 Å². The lowest BCUT2D eigenvalue weighted by molar-refractivity contribution is 0.271. The Hall–Kier alpha value is -1.38. The van der Waals surface area contributed by atoms with Crippen LogP contribution in [0, 0.1) is 5.82 Å². The van der Waals surface area contributed by atoms with Crippen LogP contribution in [0.5, 0.6) is 0 Å². The second-order valence-electron chi connectivity index (χ2n) is 4.35. The number of aromatic nitrogens is 1. The minimum absolute atomic E-state index is 0.0247. The van der Waals surface area contributed by atoms with Crippen molar-refractivity contribution in [1.29, 1.82) is 0 Å². The number of hydrogen-bond acceptors (Lipinski definition) is 3. The number of hydrogen-bond donors (Lipinski definition) is 2. The Labute approximate surface area is 130 Å². The molecule has 0 saturated carbocycles. The van der Waals surface area contributed by atoms with Crippen molar-refractivity contribution in [2.24, 2.45) is 0 Å². The van der Waals surface area contributed by atoms with E-state index in [1.807, 2.05) is 6.92 Å². The minimum Gasteiger partial charge on any atom is -0.390 e. The van der Waals surface area contributed by atoms with Crippen molar-refractivity contribution >= 4 is 31.6 Å². The Bertz CT molecular complexity index is 737. The molecular formula is C13H14BrFN2O3S. The Morgan fingerprint density at radius 3 is 2.62 bits per heavy atom. The number of rotatable bonds is 5. The summed E-state index contributed by atoms with van der Waals surface area (Å²) < 4.78 is 42.1. The van der Waals surface area contributed by atoms with Crippen molar-refractivity contribution in [3.8, 4) is 0 Å². The van der Waals surface area contributed by atoms with Crippen molar-refractivity contribution in [2.75, 3.05) is 4.72 Å². The van der Waals surface area contributed by atoms with Gasteiger partial charge in [-0.1, -0.05) is 0 Å². The van der Waals surface area contributed by atoms with Gasteiger partial charge in [-0.3, -0.25) is 4.72 Å². The molecule has 0 unspecified atom stereocenters.